The molecule has 31 heavy (non-hydrogen) atoms. The summed E-state index contributed by atoms with van der Waals surface area (Å²) in [7, 11) is 0. The second-order valence-corrected chi connectivity index (χ2v) is 9.37. The fourth-order valence-corrected chi connectivity index (χ4v) is 4.81. The molecule has 2 amide bonds. The van der Waals surface area contributed by atoms with Crippen LogP contribution in [-0.4, -0.2) is 34.2 Å². The van der Waals surface area contributed by atoms with Crippen molar-refractivity contribution in [2.75, 3.05) is 11.9 Å². The highest BCUT2D eigenvalue weighted by Crippen LogP contribution is 2.51. The average molecular weight is 423 g/mol. The minimum atomic E-state index is -0.558. The van der Waals surface area contributed by atoms with Gasteiger partial charge in [0.1, 0.15) is 17.5 Å². The molecule has 2 saturated carbocycles. The van der Waals surface area contributed by atoms with Crippen LogP contribution in [-0.2, 0) is 11.2 Å². The van der Waals surface area contributed by atoms with Crippen molar-refractivity contribution >= 4 is 17.5 Å². The third-order valence-electron chi connectivity index (χ3n) is 6.64. The van der Waals surface area contributed by atoms with Gasteiger partial charge in [0, 0.05) is 30.4 Å². The topological polar surface area (TPSA) is 85.2 Å². The number of benzene rings is 1. The third-order valence-corrected chi connectivity index (χ3v) is 6.64. The van der Waals surface area contributed by atoms with Crippen molar-refractivity contribution in [2.45, 2.75) is 58.0 Å². The van der Waals surface area contributed by atoms with Gasteiger partial charge in [-0.25, -0.2) is 0 Å². The molecule has 1 atom stereocenters. The zero-order chi connectivity index (χ0) is 21.5. The summed E-state index contributed by atoms with van der Waals surface area (Å²) < 4.78 is 7.34. The number of ether oxygens (including phenoxy) is 1. The van der Waals surface area contributed by atoms with Gasteiger partial charge in [0.25, 0.3) is 5.91 Å². The van der Waals surface area contributed by atoms with E-state index in [9.17, 15) is 9.59 Å². The van der Waals surface area contributed by atoms with E-state index in [0.717, 1.165) is 37.9 Å². The molecule has 1 aromatic carbocycles. The fourth-order valence-electron chi connectivity index (χ4n) is 4.81. The Morgan fingerprint density at radius 1 is 1.13 bits per heavy atom. The second-order valence-electron chi connectivity index (χ2n) is 9.37. The van der Waals surface area contributed by atoms with Crippen molar-refractivity contribution in [1.82, 2.24) is 15.1 Å². The Morgan fingerprint density at radius 3 is 2.55 bits per heavy atom. The Kier molecular flexibility index (Phi) is 5.20. The quantitative estimate of drug-likeness (QED) is 0.681. The van der Waals surface area contributed by atoms with E-state index < -0.39 is 6.04 Å². The van der Waals surface area contributed by atoms with Crippen molar-refractivity contribution in [3.63, 3.8) is 0 Å². The summed E-state index contributed by atoms with van der Waals surface area (Å²) in [4.78, 5) is 26.6. The number of amides is 2. The number of hydrogen-bond donors (Lipinski definition) is 2. The molecule has 0 radical (unpaired) electrons. The van der Waals surface area contributed by atoms with Crippen LogP contribution in [0.4, 0.5) is 5.69 Å². The molecule has 1 aliphatic heterocycles. The van der Waals surface area contributed by atoms with Crippen molar-refractivity contribution in [2.24, 2.45) is 17.8 Å². The van der Waals surface area contributed by atoms with E-state index in [1.54, 1.807) is 16.9 Å². The SMILES string of the molecule is CC(C)n1nccc1C(=O)N[C@H](C(=O)Nc1ccc2c(c1)OCC2)C(C1CC1)C1CC1. The van der Waals surface area contributed by atoms with Gasteiger partial charge in [0.2, 0.25) is 5.91 Å². The molecule has 2 fully saturated rings. The van der Waals surface area contributed by atoms with Gasteiger partial charge in [-0.15, -0.1) is 0 Å². The standard InChI is InChI=1S/C24H30N4O3/c1-14(2)28-19(9-11-25-28)23(29)27-22(21(16-3-4-16)17-5-6-17)24(30)26-18-8-7-15-10-12-31-20(15)13-18/h7-9,11,13-14,16-17,21-22H,3-6,10,12H2,1-2H3,(H,26,30)(H,27,29)/t22-/m0/s1. The van der Waals surface area contributed by atoms with Gasteiger partial charge in [-0.1, -0.05) is 6.07 Å². The summed E-state index contributed by atoms with van der Waals surface area (Å²) in [5, 5.41) is 10.4. The van der Waals surface area contributed by atoms with Crippen LogP contribution in [0.3, 0.4) is 0 Å². The van der Waals surface area contributed by atoms with E-state index in [2.05, 4.69) is 15.7 Å². The minimum Gasteiger partial charge on any atom is -0.493 e. The Balaban J connectivity index is 1.38. The molecule has 164 valence electrons. The van der Waals surface area contributed by atoms with E-state index in [1.165, 1.54) is 5.56 Å². The lowest BCUT2D eigenvalue weighted by molar-refractivity contribution is -0.119. The largest absolute Gasteiger partial charge is 0.493 e. The maximum absolute atomic E-state index is 13.5. The molecule has 0 bridgehead atoms. The first-order chi connectivity index (χ1) is 15.0. The molecular weight excluding hydrogens is 392 g/mol. The van der Waals surface area contributed by atoms with E-state index >= 15 is 0 Å². The van der Waals surface area contributed by atoms with Crippen LogP contribution in [0.5, 0.6) is 5.75 Å². The zero-order valence-corrected chi connectivity index (χ0v) is 18.1. The number of fused-ring (bicyclic) bond motifs is 1. The summed E-state index contributed by atoms with van der Waals surface area (Å²) in [6, 6.07) is 7.03. The Hall–Kier alpha value is -2.83. The number of nitrogens with zero attached hydrogens (tertiary/aromatic N) is 2. The summed E-state index contributed by atoms with van der Waals surface area (Å²) in [6.07, 6.45) is 7.08. The lowest BCUT2D eigenvalue weighted by Gasteiger charge is -2.28. The molecule has 2 aliphatic carbocycles. The van der Waals surface area contributed by atoms with E-state index in [-0.39, 0.29) is 23.8 Å². The molecule has 2 N–H and O–H groups in total. The number of carbonyl (C=O) groups excluding carboxylic acids is 2. The average Bonchev–Trinajstić information content (AvgIpc) is 3.66. The Morgan fingerprint density at radius 2 is 1.87 bits per heavy atom. The smallest absolute Gasteiger partial charge is 0.270 e. The highest BCUT2D eigenvalue weighted by Gasteiger charge is 2.48. The summed E-state index contributed by atoms with van der Waals surface area (Å²) in [5.41, 5.74) is 2.37. The van der Waals surface area contributed by atoms with Gasteiger partial charge in [-0.3, -0.25) is 14.3 Å². The van der Waals surface area contributed by atoms with Gasteiger partial charge in [0.05, 0.1) is 6.61 Å². The molecule has 2 heterocycles. The molecule has 0 saturated heterocycles. The van der Waals surface area contributed by atoms with Gasteiger partial charge < -0.3 is 15.4 Å². The predicted molar refractivity (Wildman–Crippen MR) is 117 cm³/mol. The van der Waals surface area contributed by atoms with Gasteiger partial charge >= 0.3 is 0 Å². The van der Waals surface area contributed by atoms with Crippen LogP contribution in [0.1, 0.15) is 61.6 Å². The van der Waals surface area contributed by atoms with Gasteiger partial charge in [-0.2, -0.15) is 5.10 Å². The fraction of sp³-hybridized carbons (Fsp3) is 0.542. The van der Waals surface area contributed by atoms with Crippen LogP contribution >= 0.6 is 0 Å². The number of carbonyl (C=O) groups is 2. The molecule has 1 aromatic heterocycles. The molecule has 2 aromatic rings. The molecular formula is C24H30N4O3. The Bertz CT molecular complexity index is 978. The maximum Gasteiger partial charge on any atom is 0.270 e. The first-order valence-corrected chi connectivity index (χ1v) is 11.4. The number of hydrogen-bond acceptors (Lipinski definition) is 4. The van der Waals surface area contributed by atoms with Crippen LogP contribution in [0.2, 0.25) is 0 Å². The van der Waals surface area contributed by atoms with Crippen LogP contribution < -0.4 is 15.4 Å². The first kappa shape index (κ1) is 20.1. The lowest BCUT2D eigenvalue weighted by atomic mass is 9.88. The van der Waals surface area contributed by atoms with Gasteiger partial charge in [-0.05, 0) is 75.0 Å². The van der Waals surface area contributed by atoms with E-state index in [0.29, 0.717) is 29.8 Å². The monoisotopic (exact) mass is 422 g/mol. The maximum atomic E-state index is 13.5. The number of nitrogens with one attached hydrogen (secondary N) is 2. The van der Waals surface area contributed by atoms with Crippen molar-refractivity contribution in [1.29, 1.82) is 0 Å². The van der Waals surface area contributed by atoms with E-state index in [4.69, 9.17) is 4.74 Å². The number of anilines is 1. The van der Waals surface area contributed by atoms with Crippen molar-refractivity contribution in [3.8, 4) is 5.75 Å². The normalized spacial score (nSPS) is 18.6. The predicted octanol–water partition coefficient (Wildman–Crippen LogP) is 3.57. The van der Waals surface area contributed by atoms with Crippen LogP contribution in [0, 0.1) is 17.8 Å². The number of rotatable bonds is 8. The first-order valence-electron chi connectivity index (χ1n) is 11.4. The van der Waals surface area contributed by atoms with Crippen LogP contribution in [0.25, 0.3) is 0 Å². The molecule has 7 heteroatoms. The minimum absolute atomic E-state index is 0.0668. The summed E-state index contributed by atoms with van der Waals surface area (Å²) >= 11 is 0. The molecule has 0 spiro atoms. The molecule has 0 unspecified atom stereocenters. The second kappa shape index (κ2) is 8.02. The molecule has 7 nitrogen and oxygen atoms in total. The van der Waals surface area contributed by atoms with Crippen molar-refractivity contribution < 1.29 is 14.3 Å². The van der Waals surface area contributed by atoms with Crippen LogP contribution in [0.15, 0.2) is 30.5 Å². The van der Waals surface area contributed by atoms with Gasteiger partial charge in [0.15, 0.2) is 0 Å². The molecule has 5 rings (SSSR count). The Labute approximate surface area is 182 Å². The van der Waals surface area contributed by atoms with Crippen molar-refractivity contribution in [3.05, 3.63) is 41.7 Å². The number of aromatic nitrogens is 2. The zero-order valence-electron chi connectivity index (χ0n) is 18.1. The molecule has 3 aliphatic rings. The lowest BCUT2D eigenvalue weighted by Crippen LogP contribution is -2.50. The summed E-state index contributed by atoms with van der Waals surface area (Å²) in [5.74, 6) is 1.66. The van der Waals surface area contributed by atoms with E-state index in [1.807, 2.05) is 32.0 Å². The highest BCUT2D eigenvalue weighted by molar-refractivity contribution is 6.01. The third kappa shape index (κ3) is 4.18. The summed E-state index contributed by atoms with van der Waals surface area (Å²) in [6.45, 7) is 4.66. The highest BCUT2D eigenvalue weighted by atomic mass is 16.5.